The second-order valence-corrected chi connectivity index (χ2v) is 13.2. The van der Waals surface area contributed by atoms with Gasteiger partial charge < -0.3 is 15.5 Å². The van der Waals surface area contributed by atoms with E-state index in [1.54, 1.807) is 43.4 Å². The molecule has 3 amide bonds. The van der Waals surface area contributed by atoms with E-state index in [-0.39, 0.29) is 22.5 Å². The van der Waals surface area contributed by atoms with Gasteiger partial charge in [0.05, 0.1) is 5.92 Å². The zero-order chi connectivity index (χ0) is 32.4. The molecule has 3 aromatic rings. The Morgan fingerprint density at radius 3 is 2.49 bits per heavy atom. The van der Waals surface area contributed by atoms with Crippen LogP contribution >= 0.6 is 0 Å². The number of sulfonamides is 1. The topological polar surface area (TPSA) is 142 Å². The fraction of sp³-hybridized carbons (Fsp3) is 0.464. The molecule has 2 aliphatic rings. The highest BCUT2D eigenvalue weighted by Crippen LogP contribution is 2.32. The number of urea groups is 1. The summed E-state index contributed by atoms with van der Waals surface area (Å²) in [6.45, 7) is -0.636. The Kier molecular flexibility index (Phi) is 9.38. The molecule has 242 valence electrons. The largest absolute Gasteiger partial charge is 0.511 e. The van der Waals surface area contributed by atoms with Crippen LogP contribution in [0.4, 0.5) is 28.0 Å². The summed E-state index contributed by atoms with van der Waals surface area (Å²) in [5.41, 5.74) is -3.68. The van der Waals surface area contributed by atoms with E-state index < -0.39 is 52.5 Å². The van der Waals surface area contributed by atoms with Crippen molar-refractivity contribution in [3.05, 3.63) is 59.9 Å². The number of rotatable bonds is 7. The Bertz CT molecular complexity index is 1630. The molecular formula is C28H32F4N8O4S. The lowest BCUT2D eigenvalue weighted by atomic mass is 9.88. The Morgan fingerprint density at radius 2 is 1.80 bits per heavy atom. The molecule has 0 saturated carbocycles. The molecule has 0 spiro atoms. The van der Waals surface area contributed by atoms with E-state index in [9.17, 15) is 35.6 Å². The predicted molar refractivity (Wildman–Crippen MR) is 154 cm³/mol. The number of carbonyl (C=O) groups excluding carboxylic acids is 2. The molecule has 12 nitrogen and oxygen atoms in total. The minimum Gasteiger partial charge on any atom is -0.342 e. The van der Waals surface area contributed by atoms with E-state index in [0.717, 1.165) is 12.0 Å². The normalized spacial score (nSPS) is 21.4. The van der Waals surface area contributed by atoms with Crippen LogP contribution in [-0.4, -0.2) is 87.5 Å². The maximum Gasteiger partial charge on any atom is 0.511 e. The van der Waals surface area contributed by atoms with E-state index in [0.29, 0.717) is 43.0 Å². The summed E-state index contributed by atoms with van der Waals surface area (Å²) in [6, 6.07) is 11.0. The number of halogens is 4. The number of nitrogens with zero attached hydrogens (tertiary/aromatic N) is 6. The summed E-state index contributed by atoms with van der Waals surface area (Å²) in [4.78, 5) is 28.5. The summed E-state index contributed by atoms with van der Waals surface area (Å²) in [5, 5.41) is 16.7. The average molecular weight is 653 g/mol. The third kappa shape index (κ3) is 7.41. The monoisotopic (exact) mass is 652 g/mol. The molecule has 2 saturated heterocycles. The first-order valence-electron chi connectivity index (χ1n) is 14.3. The fourth-order valence-corrected chi connectivity index (χ4v) is 6.87. The number of likely N-dealkylation sites (tertiary alicyclic amines) is 1. The lowest BCUT2D eigenvalue weighted by Gasteiger charge is -2.41. The Hall–Kier alpha value is -4.12. The van der Waals surface area contributed by atoms with Gasteiger partial charge in [-0.15, -0.1) is 5.10 Å². The van der Waals surface area contributed by atoms with Crippen molar-refractivity contribution in [2.24, 2.45) is 18.9 Å². The second kappa shape index (κ2) is 13.1. The van der Waals surface area contributed by atoms with E-state index in [4.69, 9.17) is 0 Å². The number of tetrazole rings is 1. The Labute approximate surface area is 256 Å². The van der Waals surface area contributed by atoms with Crippen LogP contribution in [0.25, 0.3) is 11.4 Å². The number of amides is 3. The minimum absolute atomic E-state index is 0.0119. The van der Waals surface area contributed by atoms with Crippen molar-refractivity contribution >= 4 is 27.6 Å². The van der Waals surface area contributed by atoms with Gasteiger partial charge in [0.25, 0.3) is 0 Å². The number of benzene rings is 2. The molecule has 2 aromatic carbocycles. The highest BCUT2D eigenvalue weighted by atomic mass is 32.2. The standard InChI is InChI=1S/C28H32F4N8O4S/c1-38-25(35-36-37-38)20-5-2-6-22(15-20)33-27(42)34-24-11-13-40(45(43,44)28(30,31)32)17-23(24)26(41)39-12-3-4-19(16-39)14-18-7-9-21(29)10-8-18/h2,5-10,15,19,23-24H,3-4,11-14,16-17H2,1H3,(H2,33,34,42)/t19-,23+,24+/m0/s1. The van der Waals surface area contributed by atoms with Crippen LogP contribution in [0.3, 0.4) is 0 Å². The van der Waals surface area contributed by atoms with Gasteiger partial charge in [-0.1, -0.05) is 24.3 Å². The summed E-state index contributed by atoms with van der Waals surface area (Å²) >= 11 is 0. The molecule has 0 aliphatic carbocycles. The Balaban J connectivity index is 1.31. The first-order valence-corrected chi connectivity index (χ1v) is 15.8. The van der Waals surface area contributed by atoms with Crippen molar-refractivity contribution in [1.29, 1.82) is 0 Å². The molecule has 0 unspecified atom stereocenters. The summed E-state index contributed by atoms with van der Waals surface area (Å²) < 4.78 is 80.0. The van der Waals surface area contributed by atoms with E-state index in [1.165, 1.54) is 21.7 Å². The molecule has 2 N–H and O–H groups in total. The molecule has 5 rings (SSSR count). The number of alkyl halides is 3. The number of anilines is 1. The van der Waals surface area contributed by atoms with Crippen LogP contribution in [0.15, 0.2) is 48.5 Å². The van der Waals surface area contributed by atoms with Gasteiger partial charge in [-0.05, 0) is 71.9 Å². The molecule has 3 heterocycles. The first-order chi connectivity index (χ1) is 21.3. The molecule has 1 aromatic heterocycles. The van der Waals surface area contributed by atoms with E-state index in [2.05, 4.69) is 26.2 Å². The van der Waals surface area contributed by atoms with Gasteiger partial charge >= 0.3 is 21.6 Å². The zero-order valence-electron chi connectivity index (χ0n) is 24.2. The number of nitrogens with one attached hydrogen (secondary N) is 2. The second-order valence-electron chi connectivity index (χ2n) is 11.2. The molecular weight excluding hydrogens is 620 g/mol. The summed E-state index contributed by atoms with van der Waals surface area (Å²) in [6.07, 6.45) is 1.77. The molecule has 45 heavy (non-hydrogen) atoms. The summed E-state index contributed by atoms with van der Waals surface area (Å²) in [7, 11) is -4.05. The van der Waals surface area contributed by atoms with Crippen molar-refractivity contribution in [2.45, 2.75) is 37.2 Å². The van der Waals surface area contributed by atoms with E-state index >= 15 is 0 Å². The van der Waals surface area contributed by atoms with Crippen LogP contribution < -0.4 is 10.6 Å². The highest BCUT2D eigenvalue weighted by molar-refractivity contribution is 7.90. The highest BCUT2D eigenvalue weighted by Gasteiger charge is 2.53. The van der Waals surface area contributed by atoms with Crippen LogP contribution in [0.5, 0.6) is 0 Å². The van der Waals surface area contributed by atoms with Gasteiger partial charge in [-0.25, -0.2) is 22.3 Å². The van der Waals surface area contributed by atoms with Gasteiger partial charge in [0.2, 0.25) is 5.91 Å². The van der Waals surface area contributed by atoms with Crippen LogP contribution in [0.2, 0.25) is 0 Å². The summed E-state index contributed by atoms with van der Waals surface area (Å²) in [5.74, 6) is -1.71. The molecule has 0 bridgehead atoms. The zero-order valence-corrected chi connectivity index (χ0v) is 25.1. The molecule has 0 radical (unpaired) electrons. The van der Waals surface area contributed by atoms with Crippen LogP contribution in [-0.2, 0) is 28.3 Å². The Morgan fingerprint density at radius 1 is 1.04 bits per heavy atom. The number of piperidine rings is 2. The van der Waals surface area contributed by atoms with Gasteiger partial charge in [-0.3, -0.25) is 4.79 Å². The smallest absolute Gasteiger partial charge is 0.342 e. The first kappa shape index (κ1) is 32.3. The van der Waals surface area contributed by atoms with Gasteiger partial charge in [0.1, 0.15) is 5.82 Å². The molecule has 17 heteroatoms. The lowest BCUT2D eigenvalue weighted by molar-refractivity contribution is -0.139. The van der Waals surface area contributed by atoms with E-state index in [1.807, 2.05) is 0 Å². The number of aryl methyl sites for hydroxylation is 1. The number of aromatic nitrogens is 4. The maximum absolute atomic E-state index is 13.9. The van der Waals surface area contributed by atoms with Crippen molar-refractivity contribution in [1.82, 2.24) is 34.7 Å². The van der Waals surface area contributed by atoms with Crippen LogP contribution in [0, 0.1) is 17.7 Å². The van der Waals surface area contributed by atoms with Crippen molar-refractivity contribution in [2.75, 3.05) is 31.5 Å². The molecule has 2 fully saturated rings. The fourth-order valence-electron chi connectivity index (χ4n) is 5.88. The van der Waals surface area contributed by atoms with Gasteiger partial charge in [0, 0.05) is 50.5 Å². The number of hydrogen-bond donors (Lipinski definition) is 2. The van der Waals surface area contributed by atoms with Gasteiger partial charge in [0.15, 0.2) is 5.82 Å². The number of hydrogen-bond acceptors (Lipinski definition) is 7. The average Bonchev–Trinajstić information content (AvgIpc) is 3.43. The number of carbonyl (C=O) groups is 2. The van der Waals surface area contributed by atoms with Crippen LogP contribution in [0.1, 0.15) is 24.8 Å². The molecule has 3 atom stereocenters. The quantitative estimate of drug-likeness (QED) is 0.374. The predicted octanol–water partition coefficient (Wildman–Crippen LogP) is 3.16. The third-order valence-electron chi connectivity index (χ3n) is 8.11. The van der Waals surface area contributed by atoms with Crippen molar-refractivity contribution < 1.29 is 35.6 Å². The maximum atomic E-state index is 13.9. The molecule has 2 aliphatic heterocycles. The SMILES string of the molecule is Cn1nnnc1-c1cccc(NC(=O)N[C@@H]2CCN(S(=O)(=O)C(F)(F)F)C[C@H]2C(=O)N2CCC[C@@H](Cc3ccc(F)cc3)C2)c1. The van der Waals surface area contributed by atoms with Crippen molar-refractivity contribution in [3.8, 4) is 11.4 Å². The van der Waals surface area contributed by atoms with Gasteiger partial charge in [-0.2, -0.15) is 17.5 Å². The minimum atomic E-state index is -5.70. The lowest BCUT2D eigenvalue weighted by Crippen LogP contribution is -2.59. The van der Waals surface area contributed by atoms with Crippen molar-refractivity contribution in [3.63, 3.8) is 0 Å². The third-order valence-corrected chi connectivity index (χ3v) is 9.71.